The maximum Gasteiger partial charge on any atom is 0.113 e. The Kier molecular flexibility index (Phi) is 4.05. The SMILES string of the molecule is N#Cc1cccc(-c2csc(C3(N)CCCCCC3)n2)c1. The minimum Gasteiger partial charge on any atom is -0.319 e. The fourth-order valence-corrected chi connectivity index (χ4v) is 3.96. The van der Waals surface area contributed by atoms with Gasteiger partial charge in [0, 0.05) is 10.9 Å². The standard InChI is InChI=1S/C17H19N3S/c18-11-13-6-5-7-14(10-13)15-12-21-16(20-15)17(19)8-3-1-2-4-9-17/h5-7,10,12H,1-4,8-9,19H2. The quantitative estimate of drug-likeness (QED) is 0.845. The number of rotatable bonds is 2. The van der Waals surface area contributed by atoms with Gasteiger partial charge in [0.05, 0.1) is 22.9 Å². The van der Waals surface area contributed by atoms with Crippen molar-refractivity contribution in [3.8, 4) is 17.3 Å². The number of hydrogen-bond donors (Lipinski definition) is 1. The third-order valence-corrected chi connectivity index (χ3v) is 5.28. The van der Waals surface area contributed by atoms with Gasteiger partial charge in [0.1, 0.15) is 5.01 Å². The Morgan fingerprint density at radius 2 is 1.95 bits per heavy atom. The van der Waals surface area contributed by atoms with Crippen molar-refractivity contribution in [2.75, 3.05) is 0 Å². The van der Waals surface area contributed by atoms with Crippen LogP contribution in [-0.2, 0) is 5.54 Å². The molecule has 4 heteroatoms. The number of aromatic nitrogens is 1. The van der Waals surface area contributed by atoms with Crippen molar-refractivity contribution in [3.63, 3.8) is 0 Å². The van der Waals surface area contributed by atoms with Crippen molar-refractivity contribution in [1.82, 2.24) is 4.98 Å². The second-order valence-corrected chi connectivity index (χ2v) is 6.66. The van der Waals surface area contributed by atoms with Gasteiger partial charge < -0.3 is 5.73 Å². The minimum atomic E-state index is -0.258. The predicted molar refractivity (Wildman–Crippen MR) is 85.8 cm³/mol. The van der Waals surface area contributed by atoms with E-state index in [1.807, 2.05) is 24.3 Å². The van der Waals surface area contributed by atoms with E-state index in [-0.39, 0.29) is 5.54 Å². The Bertz CT molecular complexity index is 661. The number of benzene rings is 1. The van der Waals surface area contributed by atoms with Crippen LogP contribution in [-0.4, -0.2) is 4.98 Å². The maximum atomic E-state index is 9.00. The zero-order valence-electron chi connectivity index (χ0n) is 12.0. The molecule has 1 aromatic heterocycles. The Morgan fingerprint density at radius 3 is 2.67 bits per heavy atom. The molecule has 1 aliphatic rings. The molecular formula is C17H19N3S. The summed E-state index contributed by atoms with van der Waals surface area (Å²) in [7, 11) is 0. The molecule has 3 rings (SSSR count). The minimum absolute atomic E-state index is 0.258. The van der Waals surface area contributed by atoms with E-state index in [9.17, 15) is 0 Å². The summed E-state index contributed by atoms with van der Waals surface area (Å²) < 4.78 is 0. The van der Waals surface area contributed by atoms with Crippen LogP contribution in [0, 0.1) is 11.3 Å². The van der Waals surface area contributed by atoms with Crippen LogP contribution in [0.25, 0.3) is 11.3 Å². The van der Waals surface area contributed by atoms with Gasteiger partial charge in [-0.15, -0.1) is 11.3 Å². The largest absolute Gasteiger partial charge is 0.319 e. The van der Waals surface area contributed by atoms with E-state index in [1.165, 1.54) is 25.7 Å². The van der Waals surface area contributed by atoms with Crippen LogP contribution >= 0.6 is 11.3 Å². The molecule has 1 aromatic carbocycles. The fourth-order valence-electron chi connectivity index (χ4n) is 2.96. The van der Waals surface area contributed by atoms with Crippen molar-refractivity contribution >= 4 is 11.3 Å². The van der Waals surface area contributed by atoms with Crippen molar-refractivity contribution in [2.45, 2.75) is 44.1 Å². The van der Waals surface area contributed by atoms with Gasteiger partial charge in [-0.2, -0.15) is 5.26 Å². The molecule has 0 atom stereocenters. The lowest BCUT2D eigenvalue weighted by molar-refractivity contribution is 0.384. The molecule has 1 aliphatic carbocycles. The first-order valence-corrected chi connectivity index (χ1v) is 8.35. The molecule has 0 radical (unpaired) electrons. The Labute approximate surface area is 129 Å². The smallest absolute Gasteiger partial charge is 0.113 e. The third kappa shape index (κ3) is 2.99. The second kappa shape index (κ2) is 5.97. The van der Waals surface area contributed by atoms with Crippen LogP contribution < -0.4 is 5.73 Å². The van der Waals surface area contributed by atoms with Crippen LogP contribution in [0.5, 0.6) is 0 Å². The van der Waals surface area contributed by atoms with Crippen molar-refractivity contribution in [2.24, 2.45) is 5.73 Å². The van der Waals surface area contributed by atoms with Gasteiger partial charge in [0.2, 0.25) is 0 Å². The second-order valence-electron chi connectivity index (χ2n) is 5.80. The van der Waals surface area contributed by atoms with E-state index in [0.29, 0.717) is 5.56 Å². The summed E-state index contributed by atoms with van der Waals surface area (Å²) in [5.41, 5.74) is 8.96. The predicted octanol–water partition coefficient (Wildman–Crippen LogP) is 4.19. The van der Waals surface area contributed by atoms with Crippen LogP contribution in [0.2, 0.25) is 0 Å². The molecule has 3 nitrogen and oxygen atoms in total. The van der Waals surface area contributed by atoms with Crippen molar-refractivity contribution in [1.29, 1.82) is 5.26 Å². The van der Waals surface area contributed by atoms with Gasteiger partial charge in [-0.1, -0.05) is 37.8 Å². The molecular weight excluding hydrogens is 278 g/mol. The summed E-state index contributed by atoms with van der Waals surface area (Å²) in [6, 6.07) is 9.77. The molecule has 0 amide bonds. The molecule has 1 heterocycles. The highest BCUT2D eigenvalue weighted by Crippen LogP contribution is 2.36. The zero-order valence-corrected chi connectivity index (χ0v) is 12.8. The zero-order chi connectivity index (χ0) is 14.7. The summed E-state index contributed by atoms with van der Waals surface area (Å²) in [5, 5.41) is 12.1. The third-order valence-electron chi connectivity index (χ3n) is 4.21. The average Bonchev–Trinajstić information content (AvgIpc) is 2.92. The number of nitrogens with zero attached hydrogens (tertiary/aromatic N) is 2. The van der Waals surface area contributed by atoms with Crippen LogP contribution in [0.4, 0.5) is 0 Å². The molecule has 1 saturated carbocycles. The molecule has 108 valence electrons. The number of thiazole rings is 1. The lowest BCUT2D eigenvalue weighted by Crippen LogP contribution is -2.35. The highest BCUT2D eigenvalue weighted by molar-refractivity contribution is 7.10. The molecule has 0 spiro atoms. The highest BCUT2D eigenvalue weighted by Gasteiger charge is 2.31. The molecule has 0 aliphatic heterocycles. The fraction of sp³-hybridized carbons (Fsp3) is 0.412. The molecule has 1 fully saturated rings. The van der Waals surface area contributed by atoms with E-state index in [1.54, 1.807) is 11.3 Å². The number of hydrogen-bond acceptors (Lipinski definition) is 4. The van der Waals surface area contributed by atoms with Crippen molar-refractivity contribution in [3.05, 3.63) is 40.2 Å². The summed E-state index contributed by atoms with van der Waals surface area (Å²) in [5.74, 6) is 0. The van der Waals surface area contributed by atoms with Gasteiger partial charge in [0.15, 0.2) is 0 Å². The van der Waals surface area contributed by atoms with Gasteiger partial charge in [-0.3, -0.25) is 0 Å². The highest BCUT2D eigenvalue weighted by atomic mass is 32.1. The van der Waals surface area contributed by atoms with E-state index < -0.39 is 0 Å². The van der Waals surface area contributed by atoms with Gasteiger partial charge in [-0.25, -0.2) is 4.98 Å². The van der Waals surface area contributed by atoms with Crippen molar-refractivity contribution < 1.29 is 0 Å². The number of nitriles is 1. The summed E-state index contributed by atoms with van der Waals surface area (Å²) in [4.78, 5) is 4.78. The Balaban J connectivity index is 1.90. The van der Waals surface area contributed by atoms with Gasteiger partial charge >= 0.3 is 0 Å². The normalized spacial score (nSPS) is 17.9. The lowest BCUT2D eigenvalue weighted by atomic mass is 9.92. The topological polar surface area (TPSA) is 62.7 Å². The average molecular weight is 297 g/mol. The first kappa shape index (κ1) is 14.2. The van der Waals surface area contributed by atoms with E-state index in [0.717, 1.165) is 29.1 Å². The molecule has 2 aromatic rings. The number of nitrogens with two attached hydrogens (primary N) is 1. The molecule has 0 unspecified atom stereocenters. The summed E-state index contributed by atoms with van der Waals surface area (Å²) in [6.45, 7) is 0. The molecule has 0 bridgehead atoms. The summed E-state index contributed by atoms with van der Waals surface area (Å²) in [6.07, 6.45) is 6.99. The van der Waals surface area contributed by atoms with Gasteiger partial charge in [-0.05, 0) is 25.0 Å². The first-order valence-electron chi connectivity index (χ1n) is 7.47. The van der Waals surface area contributed by atoms with Crippen LogP contribution in [0.3, 0.4) is 0 Å². The van der Waals surface area contributed by atoms with Crippen LogP contribution in [0.1, 0.15) is 49.1 Å². The molecule has 2 N–H and O–H groups in total. The maximum absolute atomic E-state index is 9.00. The van der Waals surface area contributed by atoms with E-state index in [4.69, 9.17) is 16.0 Å². The first-order chi connectivity index (χ1) is 10.2. The Hall–Kier alpha value is -1.70. The van der Waals surface area contributed by atoms with E-state index >= 15 is 0 Å². The molecule has 0 saturated heterocycles. The van der Waals surface area contributed by atoms with Crippen LogP contribution in [0.15, 0.2) is 29.6 Å². The van der Waals surface area contributed by atoms with E-state index in [2.05, 4.69) is 11.4 Å². The molecule has 21 heavy (non-hydrogen) atoms. The Morgan fingerprint density at radius 1 is 1.19 bits per heavy atom. The van der Waals surface area contributed by atoms with Gasteiger partial charge in [0.25, 0.3) is 0 Å². The monoisotopic (exact) mass is 297 g/mol. The lowest BCUT2D eigenvalue weighted by Gasteiger charge is -2.25. The summed E-state index contributed by atoms with van der Waals surface area (Å²) >= 11 is 1.65.